The average molecular weight is 229 g/mol. The van der Waals surface area contributed by atoms with E-state index in [1.165, 1.54) is 6.07 Å². The summed E-state index contributed by atoms with van der Waals surface area (Å²) in [6, 6.07) is 2.56. The summed E-state index contributed by atoms with van der Waals surface area (Å²) in [5.41, 5.74) is -0.0385. The van der Waals surface area contributed by atoms with E-state index in [4.69, 9.17) is 10.2 Å². The first kappa shape index (κ1) is 12.7. The van der Waals surface area contributed by atoms with Gasteiger partial charge < -0.3 is 20.6 Å². The molecule has 90 valence electrons. The molecular formula is C11H16FNO3. The van der Waals surface area contributed by atoms with Crippen LogP contribution in [0.3, 0.4) is 0 Å². The van der Waals surface area contributed by atoms with Gasteiger partial charge in [0.05, 0.1) is 6.10 Å². The Morgan fingerprint density at radius 2 is 1.94 bits per heavy atom. The standard InChI is InChI=1S/C11H16FNO3/c1-6(2)13-5-9(15)7-3-4-8(14)11(16)10(7)12/h3-4,6,9,13-16H,5H2,1-2H3. The highest BCUT2D eigenvalue weighted by Gasteiger charge is 2.18. The third-order valence-electron chi connectivity index (χ3n) is 2.20. The third kappa shape index (κ3) is 2.84. The summed E-state index contributed by atoms with van der Waals surface area (Å²) in [7, 11) is 0. The molecule has 1 rings (SSSR count). The lowest BCUT2D eigenvalue weighted by Crippen LogP contribution is -2.28. The summed E-state index contributed by atoms with van der Waals surface area (Å²) in [5.74, 6) is -2.36. The summed E-state index contributed by atoms with van der Waals surface area (Å²) in [6.45, 7) is 3.98. The Balaban J connectivity index is 2.84. The van der Waals surface area contributed by atoms with Gasteiger partial charge >= 0.3 is 0 Å². The first-order valence-electron chi connectivity index (χ1n) is 5.05. The monoisotopic (exact) mass is 229 g/mol. The zero-order chi connectivity index (χ0) is 12.3. The van der Waals surface area contributed by atoms with Crippen molar-refractivity contribution in [2.45, 2.75) is 26.0 Å². The normalized spacial score (nSPS) is 13.1. The molecule has 0 aromatic heterocycles. The molecule has 0 aliphatic carbocycles. The highest BCUT2D eigenvalue weighted by Crippen LogP contribution is 2.32. The fourth-order valence-corrected chi connectivity index (χ4v) is 1.28. The molecule has 0 fully saturated rings. The van der Waals surface area contributed by atoms with Gasteiger partial charge in [-0.3, -0.25) is 0 Å². The van der Waals surface area contributed by atoms with Gasteiger partial charge in [-0.25, -0.2) is 4.39 Å². The van der Waals surface area contributed by atoms with Crippen LogP contribution in [0.5, 0.6) is 11.5 Å². The second-order valence-corrected chi connectivity index (χ2v) is 3.92. The highest BCUT2D eigenvalue weighted by atomic mass is 19.1. The van der Waals surface area contributed by atoms with Gasteiger partial charge in [-0.15, -0.1) is 0 Å². The lowest BCUT2D eigenvalue weighted by atomic mass is 10.1. The van der Waals surface area contributed by atoms with Crippen LogP contribution in [0.25, 0.3) is 0 Å². The van der Waals surface area contributed by atoms with E-state index in [2.05, 4.69) is 5.32 Å². The number of aliphatic hydroxyl groups excluding tert-OH is 1. The molecule has 0 amide bonds. The Hall–Kier alpha value is -1.33. The van der Waals surface area contributed by atoms with Crippen molar-refractivity contribution in [2.24, 2.45) is 0 Å². The summed E-state index contributed by atoms with van der Waals surface area (Å²) in [4.78, 5) is 0. The molecule has 1 unspecified atom stereocenters. The highest BCUT2D eigenvalue weighted by molar-refractivity contribution is 5.43. The molecule has 0 spiro atoms. The molecule has 5 heteroatoms. The number of aromatic hydroxyl groups is 2. The van der Waals surface area contributed by atoms with E-state index in [9.17, 15) is 9.50 Å². The molecular weight excluding hydrogens is 213 g/mol. The zero-order valence-corrected chi connectivity index (χ0v) is 9.24. The number of phenols is 2. The van der Waals surface area contributed by atoms with Crippen LogP contribution < -0.4 is 5.32 Å². The van der Waals surface area contributed by atoms with Crippen LogP contribution >= 0.6 is 0 Å². The van der Waals surface area contributed by atoms with E-state index >= 15 is 0 Å². The van der Waals surface area contributed by atoms with Crippen LogP contribution in [-0.4, -0.2) is 27.9 Å². The van der Waals surface area contributed by atoms with Crippen molar-refractivity contribution < 1.29 is 19.7 Å². The molecule has 16 heavy (non-hydrogen) atoms. The number of nitrogens with one attached hydrogen (secondary N) is 1. The summed E-state index contributed by atoms with van der Waals surface area (Å²) in [6.07, 6.45) is -1.06. The smallest absolute Gasteiger partial charge is 0.194 e. The van der Waals surface area contributed by atoms with Crippen molar-refractivity contribution in [1.82, 2.24) is 5.32 Å². The van der Waals surface area contributed by atoms with Crippen molar-refractivity contribution in [3.8, 4) is 11.5 Å². The van der Waals surface area contributed by atoms with Crippen LogP contribution in [0, 0.1) is 5.82 Å². The van der Waals surface area contributed by atoms with Crippen molar-refractivity contribution in [2.75, 3.05) is 6.54 Å². The van der Waals surface area contributed by atoms with Gasteiger partial charge in [-0.05, 0) is 12.1 Å². The second-order valence-electron chi connectivity index (χ2n) is 3.92. The molecule has 0 aliphatic rings. The summed E-state index contributed by atoms with van der Waals surface area (Å²) >= 11 is 0. The molecule has 0 bridgehead atoms. The van der Waals surface area contributed by atoms with E-state index in [-0.39, 0.29) is 18.2 Å². The Bertz CT molecular complexity index is 368. The average Bonchev–Trinajstić information content (AvgIpc) is 2.23. The van der Waals surface area contributed by atoms with Crippen LogP contribution in [0.15, 0.2) is 12.1 Å². The molecule has 1 atom stereocenters. The van der Waals surface area contributed by atoms with Crippen molar-refractivity contribution in [3.05, 3.63) is 23.5 Å². The second kappa shape index (κ2) is 5.14. The van der Waals surface area contributed by atoms with Gasteiger partial charge in [-0.2, -0.15) is 0 Å². The Labute approximate surface area is 93.4 Å². The molecule has 1 aromatic carbocycles. The van der Waals surface area contributed by atoms with Crippen LogP contribution in [0.4, 0.5) is 4.39 Å². The number of hydrogen-bond acceptors (Lipinski definition) is 4. The van der Waals surface area contributed by atoms with Crippen molar-refractivity contribution in [1.29, 1.82) is 0 Å². The first-order valence-corrected chi connectivity index (χ1v) is 5.05. The topological polar surface area (TPSA) is 72.7 Å². The molecule has 1 aromatic rings. The largest absolute Gasteiger partial charge is 0.504 e. The van der Waals surface area contributed by atoms with E-state index in [1.54, 1.807) is 0 Å². The van der Waals surface area contributed by atoms with Gasteiger partial charge in [0, 0.05) is 18.2 Å². The van der Waals surface area contributed by atoms with Crippen molar-refractivity contribution in [3.63, 3.8) is 0 Å². The minimum absolute atomic E-state index is 0.0385. The molecule has 4 N–H and O–H groups in total. The fourth-order valence-electron chi connectivity index (χ4n) is 1.28. The minimum Gasteiger partial charge on any atom is -0.504 e. The molecule has 0 aliphatic heterocycles. The minimum atomic E-state index is -1.06. The summed E-state index contributed by atoms with van der Waals surface area (Å²) in [5, 5.41) is 30.8. The maximum atomic E-state index is 13.4. The molecule has 4 nitrogen and oxygen atoms in total. The number of benzene rings is 1. The van der Waals surface area contributed by atoms with E-state index in [0.29, 0.717) is 0 Å². The molecule has 0 heterocycles. The number of aliphatic hydroxyl groups is 1. The van der Waals surface area contributed by atoms with Crippen LogP contribution in [-0.2, 0) is 0 Å². The Morgan fingerprint density at radius 1 is 1.31 bits per heavy atom. The predicted molar refractivity (Wildman–Crippen MR) is 57.8 cm³/mol. The van der Waals surface area contributed by atoms with Gasteiger partial charge in [0.1, 0.15) is 0 Å². The third-order valence-corrected chi connectivity index (χ3v) is 2.20. The van der Waals surface area contributed by atoms with Gasteiger partial charge in [0.15, 0.2) is 17.3 Å². The number of hydrogen-bond donors (Lipinski definition) is 4. The van der Waals surface area contributed by atoms with E-state index < -0.39 is 23.4 Å². The SMILES string of the molecule is CC(C)NCC(O)c1ccc(O)c(O)c1F. The quantitative estimate of drug-likeness (QED) is 0.587. The summed E-state index contributed by atoms with van der Waals surface area (Å²) < 4.78 is 13.4. The number of rotatable bonds is 4. The van der Waals surface area contributed by atoms with Gasteiger partial charge in [0.2, 0.25) is 0 Å². The predicted octanol–water partition coefficient (Wildman–Crippen LogP) is 1.27. The van der Waals surface area contributed by atoms with E-state index in [1.807, 2.05) is 13.8 Å². The zero-order valence-electron chi connectivity index (χ0n) is 9.24. The number of phenolic OH excluding ortho intramolecular Hbond substituents is 2. The fraction of sp³-hybridized carbons (Fsp3) is 0.455. The van der Waals surface area contributed by atoms with Gasteiger partial charge in [0.25, 0.3) is 0 Å². The molecule has 0 saturated carbocycles. The van der Waals surface area contributed by atoms with Crippen LogP contribution in [0.1, 0.15) is 25.5 Å². The van der Waals surface area contributed by atoms with Gasteiger partial charge in [-0.1, -0.05) is 13.8 Å². The van der Waals surface area contributed by atoms with Crippen LogP contribution in [0.2, 0.25) is 0 Å². The lowest BCUT2D eigenvalue weighted by molar-refractivity contribution is 0.166. The maximum Gasteiger partial charge on any atom is 0.194 e. The number of halogens is 1. The first-order chi connectivity index (χ1) is 7.43. The Kier molecular flexibility index (Phi) is 4.09. The molecule has 0 saturated heterocycles. The molecule has 0 radical (unpaired) electrons. The lowest BCUT2D eigenvalue weighted by Gasteiger charge is -2.15. The maximum absolute atomic E-state index is 13.4. The van der Waals surface area contributed by atoms with E-state index in [0.717, 1.165) is 6.07 Å². The Morgan fingerprint density at radius 3 is 2.50 bits per heavy atom. The van der Waals surface area contributed by atoms with Crippen molar-refractivity contribution >= 4 is 0 Å².